The third-order valence-electron chi connectivity index (χ3n) is 17.2. The average molecular weight is 1190 g/mol. The lowest BCUT2D eigenvalue weighted by Gasteiger charge is -2.24. The molecule has 2 fully saturated rings. The van der Waals surface area contributed by atoms with E-state index in [1.165, 1.54) is 49.7 Å². The number of benzene rings is 4. The fourth-order valence-electron chi connectivity index (χ4n) is 13.5. The fourth-order valence-corrected chi connectivity index (χ4v) is 13.5. The van der Waals surface area contributed by atoms with Crippen LogP contribution >= 0.6 is 0 Å². The number of aryl methyl sites for hydroxylation is 2. The molecule has 2 aliphatic carbocycles. The fraction of sp³-hybridized carbons (Fsp3) is 0.417. The van der Waals surface area contributed by atoms with E-state index in [1.54, 1.807) is 45.3 Å². The van der Waals surface area contributed by atoms with Crippen molar-refractivity contribution in [3.8, 4) is 34.0 Å². The lowest BCUT2D eigenvalue weighted by molar-refractivity contribution is 0.00572. The molecule has 0 bridgehead atoms. The number of hydrogen-bond donors (Lipinski definition) is 0. The maximum atomic E-state index is 13.3. The van der Waals surface area contributed by atoms with E-state index in [-0.39, 0.29) is 30.8 Å². The molecule has 0 saturated heterocycles. The minimum atomic E-state index is -0.605. The van der Waals surface area contributed by atoms with Gasteiger partial charge in [0.15, 0.2) is 5.69 Å². The molecule has 4 aromatic heterocycles. The molecule has 88 heavy (non-hydrogen) atoms. The molecule has 4 aliphatic rings. The Hall–Kier alpha value is -8.66. The number of allylic oxidation sites excluding steroid dienone is 2. The molecule has 6 heterocycles. The van der Waals surface area contributed by atoms with Crippen molar-refractivity contribution in [3.05, 3.63) is 141 Å². The quantitative estimate of drug-likeness (QED) is 0.0839. The van der Waals surface area contributed by atoms with E-state index >= 15 is 0 Å². The molecule has 12 rings (SSSR count). The molecule has 2 aliphatic heterocycles. The van der Waals surface area contributed by atoms with Crippen molar-refractivity contribution in [3.63, 3.8) is 0 Å². The molecule has 0 N–H and O–H groups in total. The predicted molar refractivity (Wildman–Crippen MR) is 344 cm³/mol. The number of nitrogens with zero attached hydrogens (tertiary/aromatic N) is 6. The second-order valence-corrected chi connectivity index (χ2v) is 25.6. The Labute approximate surface area is 515 Å². The van der Waals surface area contributed by atoms with Crippen LogP contribution in [-0.4, -0.2) is 91.0 Å². The largest absolute Gasteiger partial charge is 0.497 e. The normalized spacial score (nSPS) is 15.3. The van der Waals surface area contributed by atoms with Crippen LogP contribution in [0.5, 0.6) is 11.5 Å². The van der Waals surface area contributed by atoms with Gasteiger partial charge in [0.05, 0.1) is 75.1 Å². The molecule has 0 atom stereocenters. The maximum Gasteiger partial charge on any atom is 0.359 e. The summed E-state index contributed by atoms with van der Waals surface area (Å²) in [7, 11) is 7.05. The first-order chi connectivity index (χ1) is 42.2. The summed E-state index contributed by atoms with van der Waals surface area (Å²) in [5, 5.41) is 7.06. The number of methoxy groups -OCH3 is 2. The van der Waals surface area contributed by atoms with Gasteiger partial charge in [-0.05, 0) is 194 Å². The highest BCUT2D eigenvalue weighted by molar-refractivity contribution is 6.05. The third kappa shape index (κ3) is 12.2. The summed E-state index contributed by atoms with van der Waals surface area (Å²) in [5.74, 6) is 0.756. The van der Waals surface area contributed by atoms with Crippen LogP contribution in [0.4, 0.5) is 0 Å². The van der Waals surface area contributed by atoms with Gasteiger partial charge in [0.1, 0.15) is 34.0 Å². The van der Waals surface area contributed by atoms with Gasteiger partial charge in [-0.15, -0.1) is 0 Å². The first-order valence-corrected chi connectivity index (χ1v) is 31.1. The van der Waals surface area contributed by atoms with Gasteiger partial charge in [-0.2, -0.15) is 5.10 Å². The molecule has 2 saturated carbocycles. The second-order valence-electron chi connectivity index (χ2n) is 25.6. The summed E-state index contributed by atoms with van der Waals surface area (Å²) >= 11 is 0. The zero-order valence-corrected chi connectivity index (χ0v) is 53.1. The van der Waals surface area contributed by atoms with E-state index in [9.17, 15) is 19.2 Å². The smallest absolute Gasteiger partial charge is 0.359 e. The van der Waals surface area contributed by atoms with Gasteiger partial charge in [0, 0.05) is 58.8 Å². The number of rotatable bonds is 12. The Morgan fingerprint density at radius 3 is 1.49 bits per heavy atom. The first-order valence-electron chi connectivity index (χ1n) is 31.1. The highest BCUT2D eigenvalue weighted by Crippen LogP contribution is 2.50. The number of ether oxygens (including phenoxy) is 6. The molecular formula is C72H82N6O10. The summed E-state index contributed by atoms with van der Waals surface area (Å²) in [5.41, 5.74) is 14.6. The zero-order chi connectivity index (χ0) is 62.3. The Morgan fingerprint density at radius 1 is 0.557 bits per heavy atom. The van der Waals surface area contributed by atoms with Crippen LogP contribution in [0.15, 0.2) is 85.3 Å². The van der Waals surface area contributed by atoms with Gasteiger partial charge in [-0.1, -0.05) is 50.7 Å². The highest BCUT2D eigenvalue weighted by Gasteiger charge is 2.35. The Bertz CT molecular complexity index is 4070. The molecule has 4 aromatic carbocycles. The van der Waals surface area contributed by atoms with Crippen molar-refractivity contribution >= 4 is 69.0 Å². The highest BCUT2D eigenvalue weighted by atomic mass is 16.6. The number of imidazole rings is 1. The van der Waals surface area contributed by atoms with Crippen molar-refractivity contribution in [1.29, 1.82) is 0 Å². The number of aromatic nitrogens is 6. The van der Waals surface area contributed by atoms with Crippen LogP contribution in [-0.2, 0) is 46.1 Å². The van der Waals surface area contributed by atoms with Crippen LogP contribution in [0, 0.1) is 0 Å². The predicted octanol–water partition coefficient (Wildman–Crippen LogP) is 15.6. The number of carbonyl (C=O) groups excluding carboxylic acids is 4. The zero-order valence-electron chi connectivity index (χ0n) is 53.1. The van der Waals surface area contributed by atoms with Crippen LogP contribution in [0.2, 0.25) is 0 Å². The Morgan fingerprint density at radius 2 is 1.02 bits per heavy atom. The number of hydrogen-bond acceptors (Lipinski definition) is 12. The monoisotopic (exact) mass is 1190 g/mol. The molecular weight excluding hydrogens is 1110 g/mol. The van der Waals surface area contributed by atoms with Crippen LogP contribution in [0.25, 0.3) is 67.6 Å². The summed E-state index contributed by atoms with van der Waals surface area (Å²) in [6.07, 6.45) is 19.4. The van der Waals surface area contributed by atoms with E-state index in [0.717, 1.165) is 104 Å². The van der Waals surface area contributed by atoms with Crippen molar-refractivity contribution in [2.24, 2.45) is 14.1 Å². The lowest BCUT2D eigenvalue weighted by Crippen LogP contribution is -2.23. The molecule has 16 nitrogen and oxygen atoms in total. The number of fused-ring (bicyclic) bond motifs is 10. The van der Waals surface area contributed by atoms with Gasteiger partial charge in [0.25, 0.3) is 0 Å². The molecule has 0 amide bonds. The first kappa shape index (κ1) is 61.0. The molecule has 8 aromatic rings. The van der Waals surface area contributed by atoms with Gasteiger partial charge in [-0.25, -0.2) is 24.2 Å². The molecule has 460 valence electrons. The number of carbonyl (C=O) groups is 4. The van der Waals surface area contributed by atoms with Crippen LogP contribution in [0.1, 0.15) is 207 Å². The molecule has 0 unspecified atom stereocenters. The van der Waals surface area contributed by atoms with Gasteiger partial charge < -0.3 is 42.1 Å². The summed E-state index contributed by atoms with van der Waals surface area (Å²) in [6, 6.07) is 24.3. The minimum Gasteiger partial charge on any atom is -0.497 e. The topological polar surface area (TPSA) is 169 Å². The molecule has 16 heteroatoms. The van der Waals surface area contributed by atoms with Crippen molar-refractivity contribution < 1.29 is 47.6 Å². The van der Waals surface area contributed by atoms with E-state index in [4.69, 9.17) is 33.5 Å². The van der Waals surface area contributed by atoms with Gasteiger partial charge >= 0.3 is 23.9 Å². The van der Waals surface area contributed by atoms with Crippen LogP contribution in [0.3, 0.4) is 0 Å². The third-order valence-corrected chi connectivity index (χ3v) is 17.2. The Balaban J connectivity index is 0.000000182. The lowest BCUT2D eigenvalue weighted by atomic mass is 9.81. The van der Waals surface area contributed by atoms with E-state index in [1.807, 2.05) is 103 Å². The number of esters is 4. The van der Waals surface area contributed by atoms with Gasteiger partial charge in [0.2, 0.25) is 0 Å². The molecule has 0 radical (unpaired) electrons. The van der Waals surface area contributed by atoms with Crippen molar-refractivity contribution in [1.82, 2.24) is 28.5 Å². The summed E-state index contributed by atoms with van der Waals surface area (Å²) in [4.78, 5) is 57.1. The summed E-state index contributed by atoms with van der Waals surface area (Å²) < 4.78 is 41.8. The van der Waals surface area contributed by atoms with Crippen molar-refractivity contribution in [2.45, 2.75) is 156 Å². The maximum absolute atomic E-state index is 13.3. The Kier molecular flexibility index (Phi) is 17.2. The standard InChI is InChI=1S/2C36H41N3O5/c1-7-43-35(41)29-21-38(5)37-32(29)25-17-24-18-26(42-6)14-16-27(24)33-31(22-11-9-8-10-12-22)28-15-13-23(19-30(28)39(33)20-25)34(40)44-36(2,3)4;1-7-43-35(41)31-32(38(5)21-37-31)25-17-24-18-26(42-6)14-16-27(24)33-30(22-11-9-8-10-12-22)28-15-13-23(19-29(28)39(33)20-25)34(40)44-36(2,3)4/h2*13-19,21-22H,7-12,20H2,1-6H3. The minimum absolute atomic E-state index is 0.262. The second kappa shape index (κ2) is 24.8. The van der Waals surface area contributed by atoms with E-state index in [2.05, 4.69) is 56.6 Å². The van der Waals surface area contributed by atoms with E-state index < -0.39 is 23.1 Å². The average Bonchev–Trinajstić information content (AvgIpc) is 1.63. The van der Waals surface area contributed by atoms with E-state index in [0.29, 0.717) is 53.0 Å². The molecule has 0 spiro atoms. The van der Waals surface area contributed by atoms with Gasteiger partial charge in [-0.3, -0.25) is 4.68 Å². The SMILES string of the molecule is CCOC(=O)c1cn(C)nc1C1=Cc2cc(OC)ccc2-c2c(C3CCCCC3)c3ccc(C(=O)OC(C)(C)C)cc3n2C1.CCOC(=O)c1ncn(C)c1C1=Cc2cc(OC)ccc2-c2c(C3CCCCC3)c3ccc(C(=O)OC(C)(C)C)cc3n2C1. The summed E-state index contributed by atoms with van der Waals surface area (Å²) in [6.45, 7) is 16.3. The van der Waals surface area contributed by atoms with Crippen LogP contribution < -0.4 is 9.47 Å². The van der Waals surface area contributed by atoms with Crippen molar-refractivity contribution in [2.75, 3.05) is 27.4 Å².